The van der Waals surface area contributed by atoms with Crippen LogP contribution in [0.2, 0.25) is 0 Å². The van der Waals surface area contributed by atoms with Crippen LogP contribution >= 0.6 is 0 Å². The molecule has 4 nitrogen and oxygen atoms in total. The molecule has 1 N–H and O–H groups in total. The summed E-state index contributed by atoms with van der Waals surface area (Å²) in [6.07, 6.45) is 0. The highest BCUT2D eigenvalue weighted by Gasteiger charge is 2.09. The molecule has 1 aromatic carbocycles. The summed E-state index contributed by atoms with van der Waals surface area (Å²) in [6, 6.07) is 5.74. The second-order valence-electron chi connectivity index (χ2n) is 2.61. The second kappa shape index (κ2) is 4.41. The Balaban J connectivity index is 2.93. The average molecular weight is 194 g/mol. The molecule has 1 rings (SSSR count). The standard InChI is InChI=1S/C10H10O4/c1-2-14-10(13)8-5-3-4-7(6-8)9(11)12/h3-6H,2H2,1H3,(H,11,12). The minimum atomic E-state index is -1.06. The number of rotatable bonds is 3. The number of hydrogen-bond donors (Lipinski definition) is 1. The number of aromatic carboxylic acids is 1. The highest BCUT2D eigenvalue weighted by atomic mass is 16.5. The van der Waals surface area contributed by atoms with Crippen molar-refractivity contribution in [1.29, 1.82) is 0 Å². The predicted molar refractivity (Wildman–Crippen MR) is 49.4 cm³/mol. The quantitative estimate of drug-likeness (QED) is 0.741. The number of esters is 1. The van der Waals surface area contributed by atoms with E-state index >= 15 is 0 Å². The van der Waals surface area contributed by atoms with Crippen LogP contribution in [-0.4, -0.2) is 23.7 Å². The van der Waals surface area contributed by atoms with Crippen LogP contribution in [0.15, 0.2) is 24.3 Å². The van der Waals surface area contributed by atoms with Gasteiger partial charge in [0, 0.05) is 0 Å². The van der Waals surface area contributed by atoms with E-state index in [0.717, 1.165) is 0 Å². The summed E-state index contributed by atoms with van der Waals surface area (Å²) in [6.45, 7) is 1.97. The molecule has 0 aromatic heterocycles. The van der Waals surface area contributed by atoms with Gasteiger partial charge in [0.15, 0.2) is 0 Å². The molecule has 74 valence electrons. The minimum Gasteiger partial charge on any atom is -0.478 e. The highest BCUT2D eigenvalue weighted by molar-refractivity contribution is 5.94. The van der Waals surface area contributed by atoms with Crippen molar-refractivity contribution in [3.63, 3.8) is 0 Å². The first-order chi connectivity index (χ1) is 6.65. The van der Waals surface area contributed by atoms with Crippen molar-refractivity contribution < 1.29 is 19.4 Å². The van der Waals surface area contributed by atoms with E-state index in [4.69, 9.17) is 9.84 Å². The molecule has 0 saturated heterocycles. The molecular formula is C10H10O4. The molecule has 0 aliphatic carbocycles. The third-order valence-electron chi connectivity index (χ3n) is 1.62. The number of ether oxygens (including phenoxy) is 1. The van der Waals surface area contributed by atoms with Gasteiger partial charge in [0.1, 0.15) is 0 Å². The fourth-order valence-electron chi connectivity index (χ4n) is 0.994. The normalized spacial score (nSPS) is 9.50. The maximum absolute atomic E-state index is 11.2. The molecule has 0 bridgehead atoms. The van der Waals surface area contributed by atoms with E-state index in [9.17, 15) is 9.59 Å². The van der Waals surface area contributed by atoms with Crippen LogP contribution in [-0.2, 0) is 4.74 Å². The van der Waals surface area contributed by atoms with E-state index in [1.165, 1.54) is 24.3 Å². The van der Waals surface area contributed by atoms with E-state index in [-0.39, 0.29) is 17.7 Å². The highest BCUT2D eigenvalue weighted by Crippen LogP contribution is 2.06. The Labute approximate surface area is 81.1 Å². The van der Waals surface area contributed by atoms with Gasteiger partial charge in [-0.2, -0.15) is 0 Å². The molecule has 0 atom stereocenters. The molecular weight excluding hydrogens is 184 g/mol. The van der Waals surface area contributed by atoms with Gasteiger partial charge in [-0.15, -0.1) is 0 Å². The molecule has 0 amide bonds. The van der Waals surface area contributed by atoms with Gasteiger partial charge in [-0.25, -0.2) is 9.59 Å². The van der Waals surface area contributed by atoms with Gasteiger partial charge in [0.2, 0.25) is 0 Å². The molecule has 0 spiro atoms. The van der Waals surface area contributed by atoms with Crippen molar-refractivity contribution >= 4 is 11.9 Å². The maximum atomic E-state index is 11.2. The van der Waals surface area contributed by atoms with Crippen LogP contribution < -0.4 is 0 Å². The van der Waals surface area contributed by atoms with Crippen LogP contribution in [0.3, 0.4) is 0 Å². The van der Waals surface area contributed by atoms with Crippen LogP contribution in [0, 0.1) is 0 Å². The van der Waals surface area contributed by atoms with Gasteiger partial charge < -0.3 is 9.84 Å². The fourth-order valence-corrected chi connectivity index (χ4v) is 0.994. The third kappa shape index (κ3) is 2.32. The van der Waals surface area contributed by atoms with Gasteiger partial charge >= 0.3 is 11.9 Å². The number of benzene rings is 1. The summed E-state index contributed by atoms with van der Waals surface area (Å²) < 4.78 is 4.73. The molecule has 0 unspecified atom stereocenters. The van der Waals surface area contributed by atoms with Crippen LogP contribution in [0.5, 0.6) is 0 Å². The summed E-state index contributed by atoms with van der Waals surface area (Å²) in [5.74, 6) is -1.56. The Morgan fingerprint density at radius 3 is 2.57 bits per heavy atom. The SMILES string of the molecule is CCOC(=O)c1cccc(C(=O)O)c1. The molecule has 0 heterocycles. The van der Waals surface area contributed by atoms with Crippen molar-refractivity contribution in [2.75, 3.05) is 6.61 Å². The molecule has 0 aliphatic heterocycles. The zero-order valence-electron chi connectivity index (χ0n) is 7.69. The molecule has 4 heteroatoms. The molecule has 0 radical (unpaired) electrons. The zero-order valence-corrected chi connectivity index (χ0v) is 7.69. The minimum absolute atomic E-state index is 0.0792. The summed E-state index contributed by atoms with van der Waals surface area (Å²) >= 11 is 0. The predicted octanol–water partition coefficient (Wildman–Crippen LogP) is 1.56. The number of carboxylic acid groups (broad SMARTS) is 1. The summed E-state index contributed by atoms with van der Waals surface area (Å²) in [5.41, 5.74) is 0.335. The maximum Gasteiger partial charge on any atom is 0.338 e. The third-order valence-corrected chi connectivity index (χ3v) is 1.62. The second-order valence-corrected chi connectivity index (χ2v) is 2.61. The Hall–Kier alpha value is -1.84. The lowest BCUT2D eigenvalue weighted by Gasteiger charge is -2.01. The first-order valence-electron chi connectivity index (χ1n) is 4.15. The average Bonchev–Trinajstić information content (AvgIpc) is 2.18. The van der Waals surface area contributed by atoms with Gasteiger partial charge in [-0.1, -0.05) is 6.07 Å². The van der Waals surface area contributed by atoms with Crippen molar-refractivity contribution in [3.05, 3.63) is 35.4 Å². The van der Waals surface area contributed by atoms with E-state index in [1.54, 1.807) is 6.92 Å². The van der Waals surface area contributed by atoms with Gasteiger partial charge in [-0.3, -0.25) is 0 Å². The smallest absolute Gasteiger partial charge is 0.338 e. The Morgan fingerprint density at radius 2 is 2.00 bits per heavy atom. The van der Waals surface area contributed by atoms with Gasteiger partial charge in [0.05, 0.1) is 17.7 Å². The lowest BCUT2D eigenvalue weighted by Crippen LogP contribution is -2.06. The van der Waals surface area contributed by atoms with E-state index in [2.05, 4.69) is 0 Å². The molecule has 0 saturated carbocycles. The largest absolute Gasteiger partial charge is 0.478 e. The number of carbonyl (C=O) groups excluding carboxylic acids is 1. The Bertz CT molecular complexity index is 357. The van der Waals surface area contributed by atoms with Crippen LogP contribution in [0.25, 0.3) is 0 Å². The first-order valence-corrected chi connectivity index (χ1v) is 4.15. The number of hydrogen-bond acceptors (Lipinski definition) is 3. The van der Waals surface area contributed by atoms with E-state index < -0.39 is 11.9 Å². The Kier molecular flexibility index (Phi) is 3.23. The van der Waals surface area contributed by atoms with Crippen molar-refractivity contribution in [1.82, 2.24) is 0 Å². The number of carboxylic acids is 1. The van der Waals surface area contributed by atoms with Crippen LogP contribution in [0.4, 0.5) is 0 Å². The fraction of sp³-hybridized carbons (Fsp3) is 0.200. The monoisotopic (exact) mass is 194 g/mol. The van der Waals surface area contributed by atoms with E-state index in [1.807, 2.05) is 0 Å². The molecule has 1 aromatic rings. The number of carbonyl (C=O) groups is 2. The van der Waals surface area contributed by atoms with Crippen molar-refractivity contribution in [2.24, 2.45) is 0 Å². The zero-order chi connectivity index (χ0) is 10.6. The summed E-state index contributed by atoms with van der Waals surface area (Å²) in [7, 11) is 0. The van der Waals surface area contributed by atoms with Crippen LogP contribution in [0.1, 0.15) is 27.6 Å². The first kappa shape index (κ1) is 10.2. The summed E-state index contributed by atoms with van der Waals surface area (Å²) in [5, 5.41) is 8.67. The molecule has 0 aliphatic rings. The van der Waals surface area contributed by atoms with E-state index in [0.29, 0.717) is 0 Å². The summed E-state index contributed by atoms with van der Waals surface area (Å²) in [4.78, 5) is 21.8. The topological polar surface area (TPSA) is 63.6 Å². The Morgan fingerprint density at radius 1 is 1.36 bits per heavy atom. The van der Waals surface area contributed by atoms with Crippen molar-refractivity contribution in [3.8, 4) is 0 Å². The lowest BCUT2D eigenvalue weighted by molar-refractivity contribution is 0.0526. The van der Waals surface area contributed by atoms with Crippen molar-refractivity contribution in [2.45, 2.75) is 6.92 Å². The lowest BCUT2D eigenvalue weighted by atomic mass is 10.1. The molecule has 0 fully saturated rings. The molecule has 14 heavy (non-hydrogen) atoms. The van der Waals surface area contributed by atoms with Gasteiger partial charge in [0.25, 0.3) is 0 Å². The van der Waals surface area contributed by atoms with Gasteiger partial charge in [-0.05, 0) is 25.1 Å².